The third-order valence-electron chi connectivity index (χ3n) is 11.3. The average Bonchev–Trinajstić information content (AvgIpc) is 3.54. The first-order valence-corrected chi connectivity index (χ1v) is 18.0. The summed E-state index contributed by atoms with van der Waals surface area (Å²) in [7, 11) is -1.89. The minimum atomic E-state index is -4.80. The van der Waals surface area contributed by atoms with Crippen molar-refractivity contribution in [3.05, 3.63) is 123 Å². The minimum absolute atomic E-state index is 0.00744. The van der Waals surface area contributed by atoms with E-state index in [9.17, 15) is 42.7 Å². The normalized spacial score (nSPS) is 25.9. The molecular weight excluding hydrogens is 782 g/mol. The van der Waals surface area contributed by atoms with Crippen molar-refractivity contribution in [1.29, 1.82) is 0 Å². The largest absolute Gasteiger partial charge is 0.505 e. The van der Waals surface area contributed by atoms with Gasteiger partial charge in [-0.05, 0) is 77.8 Å². The quantitative estimate of drug-likeness (QED) is 0.0898. The molecule has 1 aromatic heterocycles. The first kappa shape index (κ1) is 37.6. The zero-order valence-corrected chi connectivity index (χ0v) is 30.1. The SMILES string of the molecule is O=C1C2CC3C(=CCC4C(=O)N(c5cccc(B(O)O)c5)C(=O)C43)C(c3ccc(O)c(F)c3)C2(c2ccc(Cl)cc2)C(=O)N1Nc1ncc(C(F)(F)F)cc1Cl. The molecular formula is C38H27BCl2F4N4O7. The molecule has 4 amide bonds. The van der Waals surface area contributed by atoms with Crippen molar-refractivity contribution in [3.8, 4) is 5.75 Å². The van der Waals surface area contributed by atoms with Crippen molar-refractivity contribution < 1.29 is 51.9 Å². The summed E-state index contributed by atoms with van der Waals surface area (Å²) in [6, 6.07) is 15.7. The summed E-state index contributed by atoms with van der Waals surface area (Å²) in [6.07, 6.45) is -2.79. The number of phenols is 1. The van der Waals surface area contributed by atoms with E-state index in [-0.39, 0.29) is 40.1 Å². The number of allylic oxidation sites excluding steroid dienone is 2. The van der Waals surface area contributed by atoms with Crippen LogP contribution in [0, 0.1) is 29.5 Å². The molecule has 2 aliphatic heterocycles. The van der Waals surface area contributed by atoms with Crippen LogP contribution in [-0.4, -0.2) is 55.9 Å². The summed E-state index contributed by atoms with van der Waals surface area (Å²) < 4.78 is 55.7. The van der Waals surface area contributed by atoms with Crippen LogP contribution in [0.1, 0.15) is 35.4 Å². The lowest BCUT2D eigenvalue weighted by atomic mass is 9.49. The van der Waals surface area contributed by atoms with Gasteiger partial charge in [0.25, 0.3) is 11.8 Å². The van der Waals surface area contributed by atoms with Gasteiger partial charge in [-0.15, -0.1) is 0 Å². The number of hydrogen-bond acceptors (Lipinski definition) is 9. The van der Waals surface area contributed by atoms with E-state index >= 15 is 9.18 Å². The summed E-state index contributed by atoms with van der Waals surface area (Å²) in [4.78, 5) is 63.1. The van der Waals surface area contributed by atoms with Crippen LogP contribution in [0.15, 0.2) is 90.6 Å². The highest BCUT2D eigenvalue weighted by Crippen LogP contribution is 2.64. The first-order valence-electron chi connectivity index (χ1n) is 17.2. The summed E-state index contributed by atoms with van der Waals surface area (Å²) in [6.45, 7) is 0. The number of pyridine rings is 1. The lowest BCUT2D eigenvalue weighted by Gasteiger charge is -2.50. The summed E-state index contributed by atoms with van der Waals surface area (Å²) >= 11 is 12.5. The van der Waals surface area contributed by atoms with Crippen LogP contribution in [0.25, 0.3) is 0 Å². The molecule has 0 spiro atoms. The van der Waals surface area contributed by atoms with Crippen LogP contribution in [0.4, 0.5) is 29.1 Å². The van der Waals surface area contributed by atoms with Gasteiger partial charge in [-0.2, -0.15) is 18.2 Å². The Morgan fingerprint density at radius 1 is 0.911 bits per heavy atom. The van der Waals surface area contributed by atoms with Crippen molar-refractivity contribution in [2.24, 2.45) is 23.7 Å². The second-order valence-corrected chi connectivity index (χ2v) is 15.0. The van der Waals surface area contributed by atoms with E-state index < -0.39 is 99.9 Å². The number of aromatic nitrogens is 1. The van der Waals surface area contributed by atoms with Crippen molar-refractivity contribution in [3.63, 3.8) is 0 Å². The van der Waals surface area contributed by atoms with Crippen LogP contribution in [0.3, 0.4) is 0 Å². The van der Waals surface area contributed by atoms with E-state index in [0.717, 1.165) is 17.0 Å². The van der Waals surface area contributed by atoms with Gasteiger partial charge in [0.15, 0.2) is 17.4 Å². The number of rotatable bonds is 6. The molecule has 4 aliphatic rings. The molecule has 8 rings (SSSR count). The smallest absolute Gasteiger partial charge is 0.488 e. The second kappa shape index (κ2) is 13.4. The number of benzene rings is 3. The number of nitrogens with one attached hydrogen (secondary N) is 1. The van der Waals surface area contributed by atoms with Crippen LogP contribution in [0.2, 0.25) is 10.0 Å². The van der Waals surface area contributed by atoms with E-state index in [1.54, 1.807) is 6.08 Å². The monoisotopic (exact) mass is 808 g/mol. The second-order valence-electron chi connectivity index (χ2n) is 14.1. The number of fused-ring (bicyclic) bond motifs is 4. The highest BCUT2D eigenvalue weighted by atomic mass is 35.5. The number of nitrogens with zero attached hydrogens (tertiary/aromatic N) is 3. The Balaban J connectivity index is 1.30. The molecule has 6 atom stereocenters. The molecule has 0 bridgehead atoms. The molecule has 3 heterocycles. The van der Waals surface area contributed by atoms with Crippen molar-refractivity contribution in [2.45, 2.75) is 30.4 Å². The summed E-state index contributed by atoms with van der Waals surface area (Å²) in [5, 5.41) is 30.1. The number of hydrogen-bond donors (Lipinski definition) is 4. The molecule has 2 aliphatic carbocycles. The molecule has 4 N–H and O–H groups in total. The average molecular weight is 809 g/mol. The van der Waals surface area contributed by atoms with Gasteiger partial charge in [-0.25, -0.2) is 9.37 Å². The molecule has 1 saturated carbocycles. The predicted molar refractivity (Wildman–Crippen MR) is 194 cm³/mol. The molecule has 6 unspecified atom stereocenters. The Morgan fingerprint density at radius 3 is 2.30 bits per heavy atom. The Labute approximate surface area is 325 Å². The predicted octanol–water partition coefficient (Wildman–Crippen LogP) is 5.12. The molecule has 4 aromatic rings. The number of carbonyl (C=O) groups is 4. The van der Waals surface area contributed by atoms with Crippen molar-refractivity contribution in [2.75, 3.05) is 10.3 Å². The molecule has 3 aromatic carbocycles. The van der Waals surface area contributed by atoms with Crippen LogP contribution >= 0.6 is 23.2 Å². The number of carbonyl (C=O) groups excluding carboxylic acids is 4. The Kier molecular flexibility index (Phi) is 9.03. The van der Waals surface area contributed by atoms with Crippen LogP contribution in [-0.2, 0) is 30.8 Å². The zero-order chi connectivity index (χ0) is 40.0. The van der Waals surface area contributed by atoms with Crippen molar-refractivity contribution in [1.82, 2.24) is 9.99 Å². The molecule has 2 saturated heterocycles. The molecule has 18 heteroatoms. The maximum absolute atomic E-state index is 15.3. The van der Waals surface area contributed by atoms with Gasteiger partial charge in [0.1, 0.15) is 0 Å². The van der Waals surface area contributed by atoms with E-state index in [1.807, 2.05) is 0 Å². The highest BCUT2D eigenvalue weighted by Gasteiger charge is 2.70. The minimum Gasteiger partial charge on any atom is -0.505 e. The number of phenolic OH excluding ortho intramolecular Hbond substituents is 1. The van der Waals surface area contributed by atoms with Gasteiger partial charge >= 0.3 is 13.3 Å². The number of anilines is 2. The fourth-order valence-corrected chi connectivity index (χ4v) is 9.27. The number of amides is 4. The van der Waals surface area contributed by atoms with E-state index in [1.165, 1.54) is 54.6 Å². The lowest BCUT2D eigenvalue weighted by Crippen LogP contribution is -2.53. The molecule has 3 fully saturated rings. The first-order chi connectivity index (χ1) is 26.5. The van der Waals surface area contributed by atoms with Gasteiger partial charge in [0.05, 0.1) is 39.4 Å². The zero-order valence-electron chi connectivity index (χ0n) is 28.5. The number of imide groups is 2. The van der Waals surface area contributed by atoms with E-state index in [0.29, 0.717) is 22.8 Å². The Morgan fingerprint density at radius 2 is 1.64 bits per heavy atom. The number of alkyl halides is 3. The van der Waals surface area contributed by atoms with Gasteiger partial charge in [-0.1, -0.05) is 65.2 Å². The molecule has 11 nitrogen and oxygen atoms in total. The van der Waals surface area contributed by atoms with Gasteiger partial charge < -0.3 is 15.2 Å². The third-order valence-corrected chi connectivity index (χ3v) is 11.8. The standard InChI is InChI=1S/C38H27BCl2F4N4O7/c40-21-7-5-18(6-8-21)37-26(34(52)49(36(37)54)47-32-27(41)13-19(16-46-32)38(43,44)45)15-25-23(31(37)17-4-11-29(50)28(42)12-17)9-10-24-30(25)35(53)48(33(24)51)22-3-1-2-20(14-22)39(55)56/h1-9,11-14,16,24-26,30-31,50,55-56H,10,15H2,(H,46,47). The van der Waals surface area contributed by atoms with Crippen LogP contribution < -0.4 is 15.8 Å². The van der Waals surface area contributed by atoms with Gasteiger partial charge in [0.2, 0.25) is 11.8 Å². The van der Waals surface area contributed by atoms with Gasteiger partial charge in [-0.3, -0.25) is 29.5 Å². The number of halogens is 6. The Hall–Kier alpha value is -5.29. The molecule has 56 heavy (non-hydrogen) atoms. The third kappa shape index (κ3) is 5.68. The fraction of sp³-hybridized carbons (Fsp3) is 0.237. The number of aromatic hydroxyl groups is 1. The van der Waals surface area contributed by atoms with Crippen molar-refractivity contribution >= 4 is 70.9 Å². The lowest BCUT2D eigenvalue weighted by molar-refractivity contribution is -0.139. The fourth-order valence-electron chi connectivity index (χ4n) is 8.94. The summed E-state index contributed by atoms with van der Waals surface area (Å²) in [5.41, 5.74) is 0.395. The maximum Gasteiger partial charge on any atom is 0.488 e. The number of hydrazine groups is 1. The van der Waals surface area contributed by atoms with E-state index in [2.05, 4.69) is 10.4 Å². The Bertz CT molecular complexity index is 2380. The topological polar surface area (TPSA) is 160 Å². The molecule has 0 radical (unpaired) electrons. The van der Waals surface area contributed by atoms with E-state index in [4.69, 9.17) is 23.2 Å². The maximum atomic E-state index is 15.3. The summed E-state index contributed by atoms with van der Waals surface area (Å²) in [5.74, 6) is -10.6. The molecule has 286 valence electrons. The van der Waals surface area contributed by atoms with Crippen LogP contribution in [0.5, 0.6) is 5.75 Å². The highest BCUT2D eigenvalue weighted by molar-refractivity contribution is 6.58. The van der Waals surface area contributed by atoms with Gasteiger partial charge in [0, 0.05) is 17.1 Å².